The maximum absolute atomic E-state index is 13.6. The number of fused-ring (bicyclic) bond motifs is 1. The van der Waals surface area contributed by atoms with Gasteiger partial charge in [0, 0.05) is 5.69 Å². The van der Waals surface area contributed by atoms with Crippen molar-refractivity contribution >= 4 is 16.5 Å². The van der Waals surface area contributed by atoms with E-state index in [0.717, 1.165) is 27.6 Å². The Morgan fingerprint density at radius 1 is 1.27 bits per heavy atom. The summed E-state index contributed by atoms with van der Waals surface area (Å²) in [6.45, 7) is 3.94. The molecule has 2 rings (SSSR count). The second kappa shape index (κ2) is 3.54. The number of aryl methyl sites for hydroxylation is 2. The first kappa shape index (κ1) is 9.97. The van der Waals surface area contributed by atoms with Crippen LogP contribution in [-0.4, -0.2) is 0 Å². The van der Waals surface area contributed by atoms with Gasteiger partial charge in [-0.3, -0.25) is 0 Å². The van der Waals surface area contributed by atoms with Crippen molar-refractivity contribution < 1.29 is 4.39 Å². The molecule has 0 bridgehead atoms. The minimum atomic E-state index is -0.127. The fourth-order valence-electron chi connectivity index (χ4n) is 2.12. The molecule has 0 spiro atoms. The van der Waals surface area contributed by atoms with Crippen molar-refractivity contribution in [3.63, 3.8) is 0 Å². The lowest BCUT2D eigenvalue weighted by molar-refractivity contribution is 0.615. The number of halogens is 1. The molecule has 0 aliphatic carbocycles. The quantitative estimate of drug-likeness (QED) is 0.706. The molecule has 2 heteroatoms. The Morgan fingerprint density at radius 3 is 2.67 bits per heavy atom. The summed E-state index contributed by atoms with van der Waals surface area (Å²) in [6, 6.07) is 7.08. The van der Waals surface area contributed by atoms with Gasteiger partial charge in [0.15, 0.2) is 0 Å². The predicted octanol–water partition coefficient (Wildman–Crippen LogP) is 3.43. The summed E-state index contributed by atoms with van der Waals surface area (Å²) in [4.78, 5) is 0. The molecule has 2 aromatic rings. The van der Waals surface area contributed by atoms with Crippen molar-refractivity contribution in [3.05, 3.63) is 41.2 Å². The highest BCUT2D eigenvalue weighted by Crippen LogP contribution is 2.27. The summed E-state index contributed by atoms with van der Waals surface area (Å²) in [5.74, 6) is -0.127. The molecule has 15 heavy (non-hydrogen) atoms. The first-order valence-corrected chi connectivity index (χ1v) is 5.10. The Kier molecular flexibility index (Phi) is 2.35. The third-order valence-electron chi connectivity index (χ3n) is 2.74. The summed E-state index contributed by atoms with van der Waals surface area (Å²) >= 11 is 0. The number of benzene rings is 2. The molecule has 0 saturated carbocycles. The van der Waals surface area contributed by atoms with Crippen LogP contribution in [0.25, 0.3) is 10.8 Å². The highest BCUT2D eigenvalue weighted by Gasteiger charge is 2.08. The van der Waals surface area contributed by atoms with E-state index in [1.807, 2.05) is 26.0 Å². The molecule has 0 aliphatic heterocycles. The number of hydrogen-bond donors (Lipinski definition) is 1. The lowest BCUT2D eigenvalue weighted by Crippen LogP contribution is -1.94. The molecular formula is C13H14FN. The van der Waals surface area contributed by atoms with Crippen molar-refractivity contribution in [3.8, 4) is 0 Å². The van der Waals surface area contributed by atoms with Crippen molar-refractivity contribution in [2.24, 2.45) is 0 Å². The summed E-state index contributed by atoms with van der Waals surface area (Å²) < 4.78 is 13.6. The van der Waals surface area contributed by atoms with E-state index < -0.39 is 0 Å². The minimum absolute atomic E-state index is 0.127. The standard InChI is InChI=1S/C13H14FN/c1-3-11-12(14)5-4-9-7-10(15)6-8(2)13(9)11/h4-7H,3,15H2,1-2H3. The lowest BCUT2D eigenvalue weighted by atomic mass is 9.97. The number of nitrogen functional groups attached to an aromatic ring is 1. The van der Waals surface area contributed by atoms with Crippen LogP contribution in [-0.2, 0) is 6.42 Å². The Morgan fingerprint density at radius 2 is 2.00 bits per heavy atom. The molecule has 2 N–H and O–H groups in total. The molecule has 0 fully saturated rings. The molecule has 0 unspecified atom stereocenters. The molecule has 0 radical (unpaired) electrons. The van der Waals surface area contributed by atoms with Crippen LogP contribution in [0.2, 0.25) is 0 Å². The Bertz CT molecular complexity index is 517. The average molecular weight is 203 g/mol. The highest BCUT2D eigenvalue weighted by molar-refractivity contribution is 5.91. The van der Waals surface area contributed by atoms with Gasteiger partial charge in [-0.25, -0.2) is 4.39 Å². The van der Waals surface area contributed by atoms with E-state index in [9.17, 15) is 4.39 Å². The van der Waals surface area contributed by atoms with Gasteiger partial charge >= 0.3 is 0 Å². The van der Waals surface area contributed by atoms with Crippen LogP contribution in [0, 0.1) is 12.7 Å². The SMILES string of the molecule is CCc1c(F)ccc2cc(N)cc(C)c12. The first-order valence-electron chi connectivity index (χ1n) is 5.10. The largest absolute Gasteiger partial charge is 0.399 e. The maximum atomic E-state index is 13.6. The summed E-state index contributed by atoms with van der Waals surface area (Å²) in [5, 5.41) is 2.03. The zero-order valence-corrected chi connectivity index (χ0v) is 8.97. The van der Waals surface area contributed by atoms with Crippen molar-refractivity contribution in [2.45, 2.75) is 20.3 Å². The van der Waals surface area contributed by atoms with Crippen LogP contribution in [0.4, 0.5) is 10.1 Å². The maximum Gasteiger partial charge on any atom is 0.127 e. The molecule has 2 aromatic carbocycles. The third kappa shape index (κ3) is 1.56. The van der Waals surface area contributed by atoms with Crippen LogP contribution in [0.3, 0.4) is 0 Å². The van der Waals surface area contributed by atoms with Crippen LogP contribution < -0.4 is 5.73 Å². The van der Waals surface area contributed by atoms with Crippen LogP contribution in [0.15, 0.2) is 24.3 Å². The fourth-order valence-corrected chi connectivity index (χ4v) is 2.12. The van der Waals surface area contributed by atoms with Crippen molar-refractivity contribution in [1.29, 1.82) is 0 Å². The summed E-state index contributed by atoms with van der Waals surface area (Å²) in [5.41, 5.74) is 8.32. The van der Waals surface area contributed by atoms with E-state index in [4.69, 9.17) is 5.73 Å². The molecule has 0 heterocycles. The zero-order valence-electron chi connectivity index (χ0n) is 8.97. The number of hydrogen-bond acceptors (Lipinski definition) is 1. The van der Waals surface area contributed by atoms with Gasteiger partial charge in [-0.15, -0.1) is 0 Å². The Balaban J connectivity index is 2.91. The smallest absolute Gasteiger partial charge is 0.127 e. The number of nitrogens with two attached hydrogens (primary N) is 1. The molecule has 0 aliphatic rings. The normalized spacial score (nSPS) is 10.9. The lowest BCUT2D eigenvalue weighted by Gasteiger charge is -2.09. The molecule has 0 aromatic heterocycles. The van der Waals surface area contributed by atoms with Gasteiger partial charge in [-0.1, -0.05) is 13.0 Å². The second-order valence-electron chi connectivity index (χ2n) is 3.82. The molecule has 0 saturated heterocycles. The van der Waals surface area contributed by atoms with Crippen LogP contribution in [0.5, 0.6) is 0 Å². The Hall–Kier alpha value is -1.57. The second-order valence-corrected chi connectivity index (χ2v) is 3.82. The molecule has 0 atom stereocenters. The van der Waals surface area contributed by atoms with Gasteiger partial charge in [0.25, 0.3) is 0 Å². The van der Waals surface area contributed by atoms with E-state index in [1.54, 1.807) is 6.07 Å². The summed E-state index contributed by atoms with van der Waals surface area (Å²) in [7, 11) is 0. The van der Waals surface area contributed by atoms with Gasteiger partial charge < -0.3 is 5.73 Å². The summed E-state index contributed by atoms with van der Waals surface area (Å²) in [6.07, 6.45) is 0.702. The van der Waals surface area contributed by atoms with E-state index in [1.165, 1.54) is 6.07 Å². The molecule has 78 valence electrons. The number of anilines is 1. The van der Waals surface area contributed by atoms with E-state index in [-0.39, 0.29) is 5.82 Å². The van der Waals surface area contributed by atoms with Crippen LogP contribution in [0.1, 0.15) is 18.1 Å². The highest BCUT2D eigenvalue weighted by atomic mass is 19.1. The average Bonchev–Trinajstić information content (AvgIpc) is 2.18. The van der Waals surface area contributed by atoms with E-state index >= 15 is 0 Å². The van der Waals surface area contributed by atoms with Gasteiger partial charge in [-0.2, -0.15) is 0 Å². The number of rotatable bonds is 1. The fraction of sp³-hybridized carbons (Fsp3) is 0.231. The van der Waals surface area contributed by atoms with Gasteiger partial charge in [-0.05, 0) is 53.4 Å². The first-order chi connectivity index (χ1) is 7.13. The minimum Gasteiger partial charge on any atom is -0.399 e. The predicted molar refractivity (Wildman–Crippen MR) is 62.4 cm³/mol. The van der Waals surface area contributed by atoms with Crippen molar-refractivity contribution in [1.82, 2.24) is 0 Å². The molecule has 0 amide bonds. The van der Waals surface area contributed by atoms with E-state index in [0.29, 0.717) is 6.42 Å². The van der Waals surface area contributed by atoms with Gasteiger partial charge in [0.2, 0.25) is 0 Å². The Labute approximate surface area is 88.7 Å². The molecule has 1 nitrogen and oxygen atoms in total. The molecular weight excluding hydrogens is 189 g/mol. The van der Waals surface area contributed by atoms with Gasteiger partial charge in [0.1, 0.15) is 5.82 Å². The topological polar surface area (TPSA) is 26.0 Å². The van der Waals surface area contributed by atoms with Gasteiger partial charge in [0.05, 0.1) is 0 Å². The van der Waals surface area contributed by atoms with E-state index in [2.05, 4.69) is 0 Å². The third-order valence-corrected chi connectivity index (χ3v) is 2.74. The van der Waals surface area contributed by atoms with Crippen LogP contribution >= 0.6 is 0 Å². The zero-order chi connectivity index (χ0) is 11.0. The monoisotopic (exact) mass is 203 g/mol. The van der Waals surface area contributed by atoms with Crippen molar-refractivity contribution in [2.75, 3.05) is 5.73 Å².